The van der Waals surface area contributed by atoms with Gasteiger partial charge in [-0.2, -0.15) is 0 Å². The summed E-state index contributed by atoms with van der Waals surface area (Å²) in [6.07, 6.45) is 0.239. The van der Waals surface area contributed by atoms with Crippen molar-refractivity contribution in [2.24, 2.45) is 5.92 Å². The zero-order valence-corrected chi connectivity index (χ0v) is 14.9. The predicted molar refractivity (Wildman–Crippen MR) is 96.7 cm³/mol. The number of rotatable bonds is 4. The van der Waals surface area contributed by atoms with Gasteiger partial charge in [-0.1, -0.05) is 19.1 Å². The number of hydrogen-bond acceptors (Lipinski definition) is 4. The molecule has 0 spiro atoms. The van der Waals surface area contributed by atoms with Crippen LogP contribution in [0.15, 0.2) is 33.9 Å². The molecule has 25 heavy (non-hydrogen) atoms. The van der Waals surface area contributed by atoms with E-state index in [2.05, 4.69) is 16.8 Å². The predicted octanol–water partition coefficient (Wildman–Crippen LogP) is 0.488. The highest BCUT2D eigenvalue weighted by Gasteiger charge is 2.33. The fourth-order valence-electron chi connectivity index (χ4n) is 3.66. The number of benzene rings is 1. The van der Waals surface area contributed by atoms with Gasteiger partial charge >= 0.3 is 5.69 Å². The van der Waals surface area contributed by atoms with Crippen molar-refractivity contribution in [3.63, 3.8) is 0 Å². The third kappa shape index (κ3) is 3.37. The molecule has 7 nitrogen and oxygen atoms in total. The lowest BCUT2D eigenvalue weighted by Crippen LogP contribution is -2.36. The van der Waals surface area contributed by atoms with Gasteiger partial charge in [0.2, 0.25) is 5.91 Å². The van der Waals surface area contributed by atoms with Crippen molar-refractivity contribution in [2.45, 2.75) is 25.9 Å². The molecule has 1 amide bonds. The first-order valence-corrected chi connectivity index (χ1v) is 8.54. The maximum atomic E-state index is 12.6. The Hall–Kier alpha value is -2.41. The maximum absolute atomic E-state index is 12.6. The molecule has 1 aliphatic heterocycles. The molecule has 2 heterocycles. The Balaban J connectivity index is 1.77. The lowest BCUT2D eigenvalue weighted by Gasteiger charge is -2.22. The second-order valence-corrected chi connectivity index (χ2v) is 6.99. The van der Waals surface area contributed by atoms with Crippen molar-refractivity contribution in [2.75, 3.05) is 27.2 Å². The van der Waals surface area contributed by atoms with Crippen LogP contribution in [-0.4, -0.2) is 58.5 Å². The molecule has 0 unspecified atom stereocenters. The van der Waals surface area contributed by atoms with E-state index in [9.17, 15) is 14.4 Å². The van der Waals surface area contributed by atoms with Crippen LogP contribution in [0.2, 0.25) is 0 Å². The van der Waals surface area contributed by atoms with Crippen molar-refractivity contribution in [3.05, 3.63) is 45.1 Å². The van der Waals surface area contributed by atoms with E-state index in [0.717, 1.165) is 6.54 Å². The first kappa shape index (κ1) is 17.4. The average molecular weight is 344 g/mol. The Morgan fingerprint density at radius 3 is 2.64 bits per heavy atom. The number of para-hydroxylation sites is 1. The molecule has 0 radical (unpaired) electrons. The van der Waals surface area contributed by atoms with Gasteiger partial charge in [-0.25, -0.2) is 4.79 Å². The summed E-state index contributed by atoms with van der Waals surface area (Å²) in [7, 11) is 4.06. The summed E-state index contributed by atoms with van der Waals surface area (Å²) >= 11 is 0. The Labute approximate surface area is 145 Å². The van der Waals surface area contributed by atoms with Gasteiger partial charge in [0.25, 0.3) is 5.56 Å². The minimum absolute atomic E-state index is 0.0402. The fourth-order valence-corrected chi connectivity index (χ4v) is 3.66. The van der Waals surface area contributed by atoms with Gasteiger partial charge in [0.15, 0.2) is 0 Å². The quantitative estimate of drug-likeness (QED) is 0.875. The topological polar surface area (TPSA) is 78.4 Å². The number of amides is 1. The van der Waals surface area contributed by atoms with Crippen LogP contribution in [0.5, 0.6) is 0 Å². The van der Waals surface area contributed by atoms with Gasteiger partial charge in [0.05, 0.1) is 10.9 Å². The van der Waals surface area contributed by atoms with E-state index in [0.29, 0.717) is 29.4 Å². The molecule has 2 aromatic rings. The van der Waals surface area contributed by atoms with E-state index < -0.39 is 11.2 Å². The smallest absolute Gasteiger partial charge is 0.328 e. The lowest BCUT2D eigenvalue weighted by atomic mass is 10.1. The number of aromatic nitrogens is 2. The van der Waals surface area contributed by atoms with Crippen LogP contribution in [0.25, 0.3) is 10.9 Å². The van der Waals surface area contributed by atoms with Crippen LogP contribution in [0.4, 0.5) is 0 Å². The van der Waals surface area contributed by atoms with Crippen molar-refractivity contribution in [1.82, 2.24) is 19.4 Å². The monoisotopic (exact) mass is 344 g/mol. The number of likely N-dealkylation sites (N-methyl/N-ethyl adjacent to an activating group) is 1. The standard InChI is InChI=1S/C18H24N4O3/c1-12-10-21(11-15(12)20(2)3)16(23)8-9-22-14-7-5-4-6-13(14)17(24)19-18(22)25/h4-7,12,15H,8-11H2,1-3H3,(H,19,24,25)/t12-,15-/m0/s1. The molecule has 1 aliphatic rings. The summed E-state index contributed by atoms with van der Waals surface area (Å²) in [5.74, 6) is 0.467. The minimum atomic E-state index is -0.475. The highest BCUT2D eigenvalue weighted by Crippen LogP contribution is 2.20. The average Bonchev–Trinajstić information content (AvgIpc) is 2.96. The number of nitrogens with zero attached hydrogens (tertiary/aromatic N) is 3. The van der Waals surface area contributed by atoms with Gasteiger partial charge in [-0.3, -0.25) is 19.1 Å². The highest BCUT2D eigenvalue weighted by molar-refractivity contribution is 5.79. The van der Waals surface area contributed by atoms with Crippen LogP contribution in [0, 0.1) is 5.92 Å². The second kappa shape index (κ2) is 6.84. The normalized spacial score (nSPS) is 20.6. The zero-order valence-electron chi connectivity index (χ0n) is 14.9. The summed E-state index contributed by atoms with van der Waals surface area (Å²) in [5.41, 5.74) is -0.312. The number of fused-ring (bicyclic) bond motifs is 1. The van der Waals surface area contributed by atoms with Crippen LogP contribution < -0.4 is 11.2 Å². The number of hydrogen-bond donors (Lipinski definition) is 1. The van der Waals surface area contributed by atoms with Crippen molar-refractivity contribution in [1.29, 1.82) is 0 Å². The van der Waals surface area contributed by atoms with Gasteiger partial charge in [-0.05, 0) is 32.1 Å². The largest absolute Gasteiger partial charge is 0.341 e. The number of carbonyl (C=O) groups is 1. The summed E-state index contributed by atoms with van der Waals surface area (Å²) < 4.78 is 1.47. The summed E-state index contributed by atoms with van der Waals surface area (Å²) in [6, 6.07) is 7.31. The van der Waals surface area contributed by atoms with Gasteiger partial charge in [0.1, 0.15) is 0 Å². The van der Waals surface area contributed by atoms with E-state index in [1.165, 1.54) is 4.57 Å². The number of aromatic amines is 1. The van der Waals surface area contributed by atoms with Crippen LogP contribution in [0.3, 0.4) is 0 Å². The maximum Gasteiger partial charge on any atom is 0.328 e. The lowest BCUT2D eigenvalue weighted by molar-refractivity contribution is -0.130. The highest BCUT2D eigenvalue weighted by atomic mass is 16.2. The third-order valence-corrected chi connectivity index (χ3v) is 5.04. The van der Waals surface area contributed by atoms with E-state index in [1.54, 1.807) is 24.3 Å². The molecule has 1 aromatic carbocycles. The Morgan fingerprint density at radius 2 is 1.96 bits per heavy atom. The number of aryl methyl sites for hydroxylation is 1. The zero-order chi connectivity index (χ0) is 18.1. The molecule has 0 bridgehead atoms. The molecule has 1 N–H and O–H groups in total. The molecular formula is C18H24N4O3. The van der Waals surface area contributed by atoms with Gasteiger partial charge in [-0.15, -0.1) is 0 Å². The number of carbonyl (C=O) groups excluding carboxylic acids is 1. The molecule has 1 fully saturated rings. The minimum Gasteiger partial charge on any atom is -0.341 e. The molecule has 1 aromatic heterocycles. The third-order valence-electron chi connectivity index (χ3n) is 5.04. The SMILES string of the molecule is C[C@H]1CN(C(=O)CCn2c(=O)[nH]c(=O)c3ccccc32)C[C@@H]1N(C)C. The van der Waals surface area contributed by atoms with Crippen molar-refractivity contribution in [3.8, 4) is 0 Å². The summed E-state index contributed by atoms with van der Waals surface area (Å²) in [4.78, 5) is 43.0. The molecule has 0 saturated carbocycles. The first-order valence-electron chi connectivity index (χ1n) is 8.54. The van der Waals surface area contributed by atoms with Crippen LogP contribution >= 0.6 is 0 Å². The van der Waals surface area contributed by atoms with E-state index in [1.807, 2.05) is 19.0 Å². The molecule has 1 saturated heterocycles. The molecule has 0 aliphatic carbocycles. The Morgan fingerprint density at radius 1 is 1.24 bits per heavy atom. The molecule has 134 valence electrons. The molecular weight excluding hydrogens is 320 g/mol. The van der Waals surface area contributed by atoms with E-state index in [4.69, 9.17) is 0 Å². The first-order chi connectivity index (χ1) is 11.9. The molecule has 2 atom stereocenters. The second-order valence-electron chi connectivity index (χ2n) is 6.99. The summed E-state index contributed by atoms with van der Waals surface area (Å²) in [6.45, 7) is 3.86. The van der Waals surface area contributed by atoms with Crippen LogP contribution in [0.1, 0.15) is 13.3 Å². The van der Waals surface area contributed by atoms with Crippen LogP contribution in [-0.2, 0) is 11.3 Å². The van der Waals surface area contributed by atoms with Gasteiger partial charge in [0, 0.05) is 32.1 Å². The van der Waals surface area contributed by atoms with Crippen molar-refractivity contribution >= 4 is 16.8 Å². The summed E-state index contributed by atoms with van der Waals surface area (Å²) in [5, 5.41) is 0.456. The number of likely N-dealkylation sites (tertiary alicyclic amines) is 1. The van der Waals surface area contributed by atoms with Gasteiger partial charge < -0.3 is 9.80 Å². The Bertz CT molecular complexity index is 899. The number of H-pyrrole nitrogens is 1. The van der Waals surface area contributed by atoms with E-state index >= 15 is 0 Å². The Kier molecular flexibility index (Phi) is 4.76. The molecule has 7 heteroatoms. The number of nitrogens with one attached hydrogen (secondary N) is 1. The van der Waals surface area contributed by atoms with E-state index in [-0.39, 0.29) is 18.9 Å². The van der Waals surface area contributed by atoms with Crippen molar-refractivity contribution < 1.29 is 4.79 Å². The fraction of sp³-hybridized carbons (Fsp3) is 0.500. The molecule has 3 rings (SSSR count).